The third-order valence-electron chi connectivity index (χ3n) is 6.20. The van der Waals surface area contributed by atoms with Crippen molar-refractivity contribution in [3.63, 3.8) is 0 Å². The Morgan fingerprint density at radius 1 is 1.12 bits per heavy atom. The monoisotopic (exact) mass is 468 g/mol. The number of ether oxygens (including phenoxy) is 1. The summed E-state index contributed by atoms with van der Waals surface area (Å²) in [5.74, 6) is -0.925. The highest BCUT2D eigenvalue weighted by Crippen LogP contribution is 2.44. The highest BCUT2D eigenvalue weighted by molar-refractivity contribution is 8.00. The lowest BCUT2D eigenvalue weighted by molar-refractivity contribution is -0.149. The first kappa shape index (κ1) is 23.2. The maximum Gasteiger partial charge on any atom is 0.407 e. The number of carbonyl (C=O) groups excluding carboxylic acids is 2. The first-order valence-electron chi connectivity index (χ1n) is 11.2. The van der Waals surface area contributed by atoms with E-state index in [2.05, 4.69) is 29.6 Å². The van der Waals surface area contributed by atoms with Gasteiger partial charge in [-0.2, -0.15) is 0 Å². The van der Waals surface area contributed by atoms with Crippen molar-refractivity contribution in [3.05, 3.63) is 59.7 Å². The number of aliphatic carboxylic acids is 1. The molecule has 1 saturated heterocycles. The number of alkyl carbamates (subject to hydrolysis) is 1. The first-order chi connectivity index (χ1) is 15.9. The lowest BCUT2D eigenvalue weighted by Gasteiger charge is -2.28. The fourth-order valence-electron chi connectivity index (χ4n) is 4.66. The number of rotatable bonds is 7. The lowest BCUT2D eigenvalue weighted by Crippen LogP contribution is -2.47. The fraction of sp³-hybridized carbons (Fsp3) is 0.400. The topological polar surface area (TPSA) is 95.9 Å². The minimum absolute atomic E-state index is 0.0189. The van der Waals surface area contributed by atoms with Gasteiger partial charge in [-0.05, 0) is 35.6 Å². The van der Waals surface area contributed by atoms with Crippen molar-refractivity contribution in [2.45, 2.75) is 50.1 Å². The van der Waals surface area contributed by atoms with Crippen molar-refractivity contribution in [3.8, 4) is 11.1 Å². The molecular formula is C25H28N2O5S. The van der Waals surface area contributed by atoms with Crippen LogP contribution in [-0.4, -0.2) is 57.8 Å². The molecule has 4 rings (SSSR count). The number of nitrogens with zero attached hydrogens (tertiary/aromatic N) is 1. The molecule has 0 radical (unpaired) electrons. The number of thioether (sulfide) groups is 1. The number of carbonyl (C=O) groups is 3. The molecular weight excluding hydrogens is 440 g/mol. The van der Waals surface area contributed by atoms with Crippen molar-refractivity contribution >= 4 is 29.7 Å². The summed E-state index contributed by atoms with van der Waals surface area (Å²) < 4.78 is 5.55. The molecule has 2 amide bonds. The number of nitrogens with one attached hydrogen (secondary N) is 1. The van der Waals surface area contributed by atoms with Crippen LogP contribution >= 0.6 is 11.8 Å². The van der Waals surface area contributed by atoms with Gasteiger partial charge in [-0.3, -0.25) is 4.79 Å². The molecule has 2 aromatic rings. The summed E-state index contributed by atoms with van der Waals surface area (Å²) in [5, 5.41) is 12.0. The Kier molecular flexibility index (Phi) is 6.93. The van der Waals surface area contributed by atoms with Crippen LogP contribution in [0.25, 0.3) is 11.1 Å². The van der Waals surface area contributed by atoms with E-state index in [1.165, 1.54) is 16.7 Å². The molecule has 1 aliphatic heterocycles. The van der Waals surface area contributed by atoms with Crippen LogP contribution in [0.5, 0.6) is 0 Å². The normalized spacial score (nSPS) is 20.1. The van der Waals surface area contributed by atoms with Gasteiger partial charge in [0.15, 0.2) is 0 Å². The number of amides is 2. The number of hydrogen-bond acceptors (Lipinski definition) is 5. The molecule has 7 nitrogen and oxygen atoms in total. The highest BCUT2D eigenvalue weighted by atomic mass is 32.2. The van der Waals surface area contributed by atoms with E-state index in [-0.39, 0.29) is 30.2 Å². The molecule has 174 valence electrons. The van der Waals surface area contributed by atoms with Crippen LogP contribution in [0.1, 0.15) is 43.7 Å². The smallest absolute Gasteiger partial charge is 0.407 e. The number of fused-ring (bicyclic) bond motifs is 3. The van der Waals surface area contributed by atoms with Crippen LogP contribution in [0.4, 0.5) is 4.79 Å². The second kappa shape index (κ2) is 9.87. The molecule has 0 spiro atoms. The van der Waals surface area contributed by atoms with Gasteiger partial charge in [0.1, 0.15) is 12.6 Å². The zero-order chi connectivity index (χ0) is 23.5. The molecule has 2 aromatic carbocycles. The Balaban J connectivity index is 1.34. The van der Waals surface area contributed by atoms with Crippen LogP contribution in [0.3, 0.4) is 0 Å². The van der Waals surface area contributed by atoms with Crippen molar-refractivity contribution in [1.29, 1.82) is 0 Å². The van der Waals surface area contributed by atoms with Gasteiger partial charge in [-0.25, -0.2) is 9.59 Å². The summed E-state index contributed by atoms with van der Waals surface area (Å²) in [4.78, 5) is 38.3. The molecule has 2 unspecified atom stereocenters. The van der Waals surface area contributed by atoms with Crippen LogP contribution in [-0.2, 0) is 14.3 Å². The Morgan fingerprint density at radius 3 is 2.30 bits per heavy atom. The fourth-order valence-corrected chi connectivity index (χ4v) is 6.03. The third-order valence-corrected chi connectivity index (χ3v) is 7.66. The predicted molar refractivity (Wildman–Crippen MR) is 127 cm³/mol. The number of benzene rings is 2. The Labute approximate surface area is 197 Å². The highest BCUT2D eigenvalue weighted by Gasteiger charge is 2.41. The average molecular weight is 469 g/mol. The van der Waals surface area contributed by atoms with E-state index in [9.17, 15) is 19.5 Å². The maximum absolute atomic E-state index is 12.8. The standard InChI is InChI=1S/C25H28N2O5S/c1-3-23-27(21(14-33-23)24(29)30)22(28)12-15(2)26-25(31)32-13-20-18-10-6-4-8-16(18)17-9-5-7-11-19(17)20/h4-11,15,20-21,23H,3,12-14H2,1-2H3,(H,26,31)(H,29,30)/t15-,21?,23?/m1/s1. The summed E-state index contributed by atoms with van der Waals surface area (Å²) in [6.07, 6.45) is 0.106. The van der Waals surface area contributed by atoms with E-state index in [1.807, 2.05) is 31.2 Å². The van der Waals surface area contributed by atoms with Crippen molar-refractivity contribution in [2.75, 3.05) is 12.4 Å². The van der Waals surface area contributed by atoms with Crippen molar-refractivity contribution in [2.24, 2.45) is 0 Å². The van der Waals surface area contributed by atoms with Crippen LogP contribution in [0.2, 0.25) is 0 Å². The molecule has 2 aliphatic rings. The van der Waals surface area contributed by atoms with E-state index >= 15 is 0 Å². The summed E-state index contributed by atoms with van der Waals surface area (Å²) in [6.45, 7) is 3.85. The summed E-state index contributed by atoms with van der Waals surface area (Å²) in [6, 6.07) is 14.9. The van der Waals surface area contributed by atoms with E-state index in [0.29, 0.717) is 12.2 Å². The summed E-state index contributed by atoms with van der Waals surface area (Å²) in [5.41, 5.74) is 4.57. The van der Waals surface area contributed by atoms with Gasteiger partial charge in [-0.1, -0.05) is 55.5 Å². The van der Waals surface area contributed by atoms with Gasteiger partial charge >= 0.3 is 12.1 Å². The van der Waals surface area contributed by atoms with E-state index in [1.54, 1.807) is 6.92 Å². The van der Waals surface area contributed by atoms with Gasteiger partial charge in [-0.15, -0.1) is 11.8 Å². The third kappa shape index (κ3) is 4.71. The summed E-state index contributed by atoms with van der Waals surface area (Å²) >= 11 is 1.48. The SMILES string of the molecule is CCC1SCC(C(=O)O)N1C(=O)C[C@@H](C)NC(=O)OCC1c2ccccc2-c2ccccc21. The van der Waals surface area contributed by atoms with E-state index in [4.69, 9.17) is 4.74 Å². The Morgan fingerprint density at radius 2 is 1.73 bits per heavy atom. The van der Waals surface area contributed by atoms with Crippen molar-refractivity contribution < 1.29 is 24.2 Å². The zero-order valence-corrected chi connectivity index (χ0v) is 19.5. The molecule has 8 heteroatoms. The molecule has 1 fully saturated rings. The largest absolute Gasteiger partial charge is 0.480 e. The maximum atomic E-state index is 12.8. The molecule has 0 aromatic heterocycles. The molecule has 3 atom stereocenters. The van der Waals surface area contributed by atoms with Gasteiger partial charge in [0.05, 0.1) is 5.37 Å². The van der Waals surface area contributed by atoms with Crippen LogP contribution in [0, 0.1) is 0 Å². The van der Waals surface area contributed by atoms with Crippen LogP contribution in [0.15, 0.2) is 48.5 Å². The zero-order valence-electron chi connectivity index (χ0n) is 18.7. The first-order valence-corrected chi connectivity index (χ1v) is 12.2. The average Bonchev–Trinajstić information content (AvgIpc) is 3.37. The molecule has 33 heavy (non-hydrogen) atoms. The van der Waals surface area contributed by atoms with Gasteiger partial charge in [0, 0.05) is 24.1 Å². The summed E-state index contributed by atoms with van der Waals surface area (Å²) in [7, 11) is 0. The van der Waals surface area contributed by atoms with Gasteiger partial charge < -0.3 is 20.1 Å². The second-order valence-corrected chi connectivity index (χ2v) is 9.64. The lowest BCUT2D eigenvalue weighted by atomic mass is 9.98. The number of carboxylic acid groups (broad SMARTS) is 1. The van der Waals surface area contributed by atoms with Gasteiger partial charge in [0.25, 0.3) is 0 Å². The quantitative estimate of drug-likeness (QED) is 0.636. The predicted octanol–water partition coefficient (Wildman–Crippen LogP) is 4.07. The van der Waals surface area contributed by atoms with E-state index < -0.39 is 24.1 Å². The van der Waals surface area contributed by atoms with Gasteiger partial charge in [0.2, 0.25) is 5.91 Å². The molecule has 0 saturated carbocycles. The minimum Gasteiger partial charge on any atom is -0.480 e. The molecule has 0 bridgehead atoms. The number of hydrogen-bond donors (Lipinski definition) is 2. The second-order valence-electron chi connectivity index (χ2n) is 8.43. The Bertz CT molecular complexity index is 1010. The Hall–Kier alpha value is -3.00. The van der Waals surface area contributed by atoms with E-state index in [0.717, 1.165) is 22.3 Å². The molecule has 1 aliphatic carbocycles. The number of carboxylic acids is 1. The molecule has 1 heterocycles. The van der Waals surface area contributed by atoms with Crippen molar-refractivity contribution in [1.82, 2.24) is 10.2 Å². The van der Waals surface area contributed by atoms with Crippen LogP contribution < -0.4 is 5.32 Å². The minimum atomic E-state index is -0.996. The molecule has 2 N–H and O–H groups in total.